The van der Waals surface area contributed by atoms with E-state index in [0.29, 0.717) is 11.4 Å². The minimum absolute atomic E-state index is 0.111. The second kappa shape index (κ2) is 7.53. The molecule has 24 heavy (non-hydrogen) atoms. The fourth-order valence-corrected chi connectivity index (χ4v) is 2.85. The Bertz CT molecular complexity index is 590. The lowest BCUT2D eigenvalue weighted by Gasteiger charge is -2.24. The van der Waals surface area contributed by atoms with Gasteiger partial charge in [0.2, 0.25) is 0 Å². The van der Waals surface area contributed by atoms with E-state index in [2.05, 4.69) is 0 Å². The van der Waals surface area contributed by atoms with Crippen LogP contribution in [0.3, 0.4) is 0 Å². The van der Waals surface area contributed by atoms with Gasteiger partial charge in [-0.1, -0.05) is 23.7 Å². The monoisotopic (exact) mass is 354 g/mol. The van der Waals surface area contributed by atoms with Crippen molar-refractivity contribution in [2.24, 2.45) is 5.92 Å². The van der Waals surface area contributed by atoms with Gasteiger partial charge in [0.05, 0.1) is 31.7 Å². The minimum atomic E-state index is -0.581. The molecule has 1 aliphatic rings. The molecular weight excluding hydrogens is 332 g/mol. The van der Waals surface area contributed by atoms with Gasteiger partial charge in [0.15, 0.2) is 0 Å². The SMILES string of the molecule is COC(=O)C[C@@H]1C[C@@H](C(=O)OC(C)(C)C)[C@H](c2ccc(Cl)cc2)O1. The smallest absolute Gasteiger partial charge is 0.312 e. The summed E-state index contributed by atoms with van der Waals surface area (Å²) in [5.74, 6) is -1.16. The molecule has 1 saturated heterocycles. The van der Waals surface area contributed by atoms with Gasteiger partial charge < -0.3 is 14.2 Å². The predicted octanol–water partition coefficient (Wildman–Crippen LogP) is 3.69. The van der Waals surface area contributed by atoms with Crippen molar-refractivity contribution < 1.29 is 23.8 Å². The maximum Gasteiger partial charge on any atom is 0.312 e. The Labute approximate surface area is 147 Å². The highest BCUT2D eigenvalue weighted by Gasteiger charge is 2.43. The maximum atomic E-state index is 12.6. The molecular formula is C18H23ClO5. The van der Waals surface area contributed by atoms with Crippen molar-refractivity contribution >= 4 is 23.5 Å². The van der Waals surface area contributed by atoms with Crippen LogP contribution in [0.5, 0.6) is 0 Å². The molecule has 1 heterocycles. The first-order valence-corrected chi connectivity index (χ1v) is 8.28. The zero-order valence-corrected chi connectivity index (χ0v) is 15.1. The molecule has 0 radical (unpaired) electrons. The fraction of sp³-hybridized carbons (Fsp3) is 0.556. The summed E-state index contributed by atoms with van der Waals surface area (Å²) in [6.07, 6.45) is -0.320. The quantitative estimate of drug-likeness (QED) is 0.772. The van der Waals surface area contributed by atoms with E-state index in [1.807, 2.05) is 32.9 Å². The van der Waals surface area contributed by atoms with E-state index in [4.69, 9.17) is 25.8 Å². The summed E-state index contributed by atoms with van der Waals surface area (Å²) < 4.78 is 16.2. The summed E-state index contributed by atoms with van der Waals surface area (Å²) >= 11 is 5.93. The van der Waals surface area contributed by atoms with Crippen LogP contribution in [0.25, 0.3) is 0 Å². The van der Waals surface area contributed by atoms with Crippen LogP contribution in [-0.2, 0) is 23.8 Å². The number of benzene rings is 1. The minimum Gasteiger partial charge on any atom is -0.469 e. The molecule has 1 aliphatic heterocycles. The highest BCUT2D eigenvalue weighted by molar-refractivity contribution is 6.30. The fourth-order valence-electron chi connectivity index (χ4n) is 2.73. The third kappa shape index (κ3) is 4.95. The Morgan fingerprint density at radius 1 is 1.25 bits per heavy atom. The van der Waals surface area contributed by atoms with Gasteiger partial charge in [0, 0.05) is 5.02 Å². The van der Waals surface area contributed by atoms with Crippen molar-refractivity contribution in [1.29, 1.82) is 0 Å². The van der Waals surface area contributed by atoms with Crippen molar-refractivity contribution in [3.05, 3.63) is 34.9 Å². The van der Waals surface area contributed by atoms with E-state index in [-0.39, 0.29) is 24.5 Å². The lowest BCUT2D eigenvalue weighted by atomic mass is 9.93. The Morgan fingerprint density at radius 2 is 1.88 bits per heavy atom. The van der Waals surface area contributed by atoms with Crippen molar-refractivity contribution in [3.63, 3.8) is 0 Å². The molecule has 0 aromatic heterocycles. The molecule has 0 spiro atoms. The Kier molecular flexibility index (Phi) is 5.88. The van der Waals surface area contributed by atoms with Crippen LogP contribution in [-0.4, -0.2) is 30.8 Å². The van der Waals surface area contributed by atoms with Crippen LogP contribution in [0.1, 0.15) is 45.3 Å². The van der Waals surface area contributed by atoms with E-state index in [9.17, 15) is 9.59 Å². The first kappa shape index (κ1) is 18.7. The number of carbonyl (C=O) groups is 2. The van der Waals surface area contributed by atoms with Gasteiger partial charge in [0.25, 0.3) is 0 Å². The molecule has 1 aromatic rings. The first-order chi connectivity index (χ1) is 11.2. The molecule has 5 nitrogen and oxygen atoms in total. The predicted molar refractivity (Wildman–Crippen MR) is 89.7 cm³/mol. The first-order valence-electron chi connectivity index (χ1n) is 7.90. The van der Waals surface area contributed by atoms with Gasteiger partial charge in [-0.2, -0.15) is 0 Å². The molecule has 132 valence electrons. The number of methoxy groups -OCH3 is 1. The summed E-state index contributed by atoms with van der Waals surface area (Å²) in [6, 6.07) is 7.15. The molecule has 0 saturated carbocycles. The molecule has 0 N–H and O–H groups in total. The summed E-state index contributed by atoms with van der Waals surface area (Å²) in [7, 11) is 1.33. The molecule has 0 amide bonds. The molecule has 2 rings (SSSR count). The summed E-state index contributed by atoms with van der Waals surface area (Å²) in [4.78, 5) is 24.1. The van der Waals surface area contributed by atoms with Gasteiger partial charge in [-0.05, 0) is 44.9 Å². The Hall–Kier alpha value is -1.59. The van der Waals surface area contributed by atoms with Crippen LogP contribution in [0.2, 0.25) is 5.02 Å². The van der Waals surface area contributed by atoms with E-state index >= 15 is 0 Å². The Balaban J connectivity index is 2.20. The Morgan fingerprint density at radius 3 is 2.42 bits per heavy atom. The van der Waals surface area contributed by atoms with Gasteiger partial charge in [-0.25, -0.2) is 0 Å². The lowest BCUT2D eigenvalue weighted by Crippen LogP contribution is -2.30. The van der Waals surface area contributed by atoms with E-state index in [1.165, 1.54) is 7.11 Å². The standard InChI is InChI=1S/C18H23ClO5/c1-18(2,3)24-17(21)14-9-13(10-15(20)22-4)23-16(14)11-5-7-12(19)8-6-11/h5-8,13-14,16H,9-10H2,1-4H3/t13-,14+,16-/m0/s1. The van der Waals surface area contributed by atoms with Crippen molar-refractivity contribution in [2.75, 3.05) is 7.11 Å². The zero-order chi connectivity index (χ0) is 17.9. The van der Waals surface area contributed by atoms with Crippen LogP contribution >= 0.6 is 11.6 Å². The van der Waals surface area contributed by atoms with E-state index in [1.54, 1.807) is 12.1 Å². The number of carbonyl (C=O) groups excluding carboxylic acids is 2. The number of hydrogen-bond acceptors (Lipinski definition) is 5. The normalized spacial score (nSPS) is 23.8. The summed E-state index contributed by atoms with van der Waals surface area (Å²) in [6.45, 7) is 5.47. The van der Waals surface area contributed by atoms with Gasteiger partial charge >= 0.3 is 11.9 Å². The molecule has 0 aliphatic carbocycles. The number of esters is 2. The number of halogens is 1. The van der Waals surface area contributed by atoms with Crippen LogP contribution in [0.15, 0.2) is 24.3 Å². The largest absolute Gasteiger partial charge is 0.469 e. The average Bonchev–Trinajstić information content (AvgIpc) is 2.90. The van der Waals surface area contributed by atoms with E-state index < -0.39 is 17.6 Å². The highest BCUT2D eigenvalue weighted by atomic mass is 35.5. The third-order valence-corrected chi connectivity index (χ3v) is 4.00. The maximum absolute atomic E-state index is 12.6. The second-order valence-electron chi connectivity index (χ2n) is 6.89. The number of ether oxygens (including phenoxy) is 3. The van der Waals surface area contributed by atoms with Crippen LogP contribution < -0.4 is 0 Å². The van der Waals surface area contributed by atoms with Gasteiger partial charge in [0.1, 0.15) is 5.60 Å². The zero-order valence-electron chi connectivity index (χ0n) is 14.4. The molecule has 0 bridgehead atoms. The molecule has 1 fully saturated rings. The van der Waals surface area contributed by atoms with E-state index in [0.717, 1.165) is 5.56 Å². The molecule has 1 aromatic carbocycles. The summed E-state index contributed by atoms with van der Waals surface area (Å²) in [5.41, 5.74) is 0.254. The second-order valence-corrected chi connectivity index (χ2v) is 7.32. The number of hydrogen-bond donors (Lipinski definition) is 0. The van der Waals surface area contributed by atoms with Gasteiger partial charge in [-0.15, -0.1) is 0 Å². The van der Waals surface area contributed by atoms with Crippen molar-refractivity contribution in [1.82, 2.24) is 0 Å². The summed E-state index contributed by atoms with van der Waals surface area (Å²) in [5, 5.41) is 0.608. The molecule has 3 atom stereocenters. The molecule has 6 heteroatoms. The lowest BCUT2D eigenvalue weighted by molar-refractivity contribution is -0.162. The highest BCUT2D eigenvalue weighted by Crippen LogP contribution is 2.41. The third-order valence-electron chi connectivity index (χ3n) is 3.75. The van der Waals surface area contributed by atoms with Crippen LogP contribution in [0, 0.1) is 5.92 Å². The molecule has 0 unspecified atom stereocenters. The van der Waals surface area contributed by atoms with Crippen molar-refractivity contribution in [3.8, 4) is 0 Å². The number of rotatable bonds is 4. The topological polar surface area (TPSA) is 61.8 Å². The average molecular weight is 355 g/mol. The van der Waals surface area contributed by atoms with Crippen LogP contribution in [0.4, 0.5) is 0 Å². The van der Waals surface area contributed by atoms with Crippen molar-refractivity contribution in [2.45, 2.75) is 51.4 Å². The van der Waals surface area contributed by atoms with Gasteiger partial charge in [-0.3, -0.25) is 9.59 Å².